The van der Waals surface area contributed by atoms with Crippen molar-refractivity contribution in [2.75, 3.05) is 7.11 Å². The Morgan fingerprint density at radius 2 is 1.96 bits per heavy atom. The van der Waals surface area contributed by atoms with Gasteiger partial charge < -0.3 is 4.74 Å². The fourth-order valence-corrected chi connectivity index (χ4v) is 3.24. The third-order valence-corrected chi connectivity index (χ3v) is 5.00. The number of benzene rings is 2. The van der Waals surface area contributed by atoms with E-state index in [-0.39, 0.29) is 5.82 Å². The van der Waals surface area contributed by atoms with Crippen LogP contribution < -0.4 is 4.74 Å². The normalized spacial score (nSPS) is 13.9. The summed E-state index contributed by atoms with van der Waals surface area (Å²) in [5.41, 5.74) is 1.77. The molecular weight excluding hydrogens is 365 g/mol. The summed E-state index contributed by atoms with van der Waals surface area (Å²) in [5, 5.41) is 8.29. The molecule has 0 aliphatic heterocycles. The van der Waals surface area contributed by atoms with Crippen molar-refractivity contribution < 1.29 is 9.13 Å². The highest BCUT2D eigenvalue weighted by Gasteiger charge is 2.29. The van der Waals surface area contributed by atoms with Crippen LogP contribution in [-0.2, 0) is 13.2 Å². The van der Waals surface area contributed by atoms with Crippen LogP contribution in [-0.4, -0.2) is 37.8 Å². The Morgan fingerprint density at radius 1 is 1.19 bits per heavy atom. The zero-order valence-electron chi connectivity index (χ0n) is 15.0. The maximum Gasteiger partial charge on any atom is 0.221 e. The summed E-state index contributed by atoms with van der Waals surface area (Å²) in [6, 6.07) is 14.8. The largest absolute Gasteiger partial charge is 0.497 e. The molecule has 0 unspecified atom stereocenters. The number of ether oxygens (including phenoxy) is 1. The molecule has 27 heavy (non-hydrogen) atoms. The zero-order valence-corrected chi connectivity index (χ0v) is 15.8. The Hall–Kier alpha value is -2.58. The molecular formula is C19H20FN5OS. The fourth-order valence-electron chi connectivity index (χ4n) is 3.00. The molecule has 3 aromatic rings. The van der Waals surface area contributed by atoms with E-state index in [9.17, 15) is 4.39 Å². The summed E-state index contributed by atoms with van der Waals surface area (Å²) >= 11 is 5.51. The van der Waals surface area contributed by atoms with Crippen molar-refractivity contribution in [3.8, 4) is 11.4 Å². The third-order valence-electron chi connectivity index (χ3n) is 4.62. The molecule has 0 amide bonds. The first-order valence-corrected chi connectivity index (χ1v) is 9.20. The van der Waals surface area contributed by atoms with Gasteiger partial charge in [-0.15, -0.1) is 0 Å². The standard InChI is InChI=1S/C19H20FN5OS/c1-26-18-9-5-14(6-10-18)12-23(16-7-8-16)13-24-19(27)25(22-21-24)17-4-2-3-15(20)11-17/h2-6,9-11,16H,7-8,12-13H2,1H3. The van der Waals surface area contributed by atoms with Crippen LogP contribution in [0.15, 0.2) is 48.5 Å². The molecule has 1 fully saturated rings. The first-order chi connectivity index (χ1) is 13.1. The van der Waals surface area contributed by atoms with Crippen molar-refractivity contribution in [1.29, 1.82) is 0 Å². The lowest BCUT2D eigenvalue weighted by Gasteiger charge is -2.21. The van der Waals surface area contributed by atoms with E-state index in [1.54, 1.807) is 23.9 Å². The van der Waals surface area contributed by atoms with Crippen molar-refractivity contribution in [2.24, 2.45) is 0 Å². The van der Waals surface area contributed by atoms with Gasteiger partial charge in [0.05, 0.1) is 19.5 Å². The van der Waals surface area contributed by atoms with Crippen LogP contribution in [0.1, 0.15) is 18.4 Å². The number of hydrogen-bond acceptors (Lipinski definition) is 5. The molecule has 8 heteroatoms. The monoisotopic (exact) mass is 385 g/mol. The molecule has 6 nitrogen and oxygen atoms in total. The minimum Gasteiger partial charge on any atom is -0.497 e. The highest BCUT2D eigenvalue weighted by atomic mass is 32.1. The summed E-state index contributed by atoms with van der Waals surface area (Å²) in [7, 11) is 1.66. The number of halogens is 1. The van der Waals surface area contributed by atoms with Gasteiger partial charge in [0.15, 0.2) is 0 Å². The van der Waals surface area contributed by atoms with E-state index in [0.29, 0.717) is 23.2 Å². The van der Waals surface area contributed by atoms with Gasteiger partial charge in [-0.2, -0.15) is 4.68 Å². The molecule has 0 atom stereocenters. The highest BCUT2D eigenvalue weighted by Crippen LogP contribution is 2.29. The lowest BCUT2D eigenvalue weighted by Crippen LogP contribution is -2.29. The Labute approximate surface area is 161 Å². The van der Waals surface area contributed by atoms with Gasteiger partial charge in [-0.05, 0) is 71.4 Å². The van der Waals surface area contributed by atoms with Gasteiger partial charge in [0.25, 0.3) is 0 Å². The number of hydrogen-bond donors (Lipinski definition) is 0. The number of tetrazole rings is 1. The number of nitrogens with zero attached hydrogens (tertiary/aromatic N) is 5. The summed E-state index contributed by atoms with van der Waals surface area (Å²) in [5.74, 6) is 0.514. The number of methoxy groups -OCH3 is 1. The number of aromatic nitrogens is 4. The van der Waals surface area contributed by atoms with Crippen molar-refractivity contribution in [1.82, 2.24) is 24.7 Å². The molecule has 0 N–H and O–H groups in total. The quantitative estimate of drug-likeness (QED) is 0.582. The summed E-state index contributed by atoms with van der Waals surface area (Å²) < 4.78 is 22.3. The van der Waals surface area contributed by atoms with Crippen molar-refractivity contribution in [3.05, 3.63) is 64.7 Å². The lowest BCUT2D eigenvalue weighted by atomic mass is 10.2. The second-order valence-corrected chi connectivity index (χ2v) is 6.99. The zero-order chi connectivity index (χ0) is 18.8. The molecule has 0 saturated heterocycles. The summed E-state index contributed by atoms with van der Waals surface area (Å²) in [6.07, 6.45) is 2.34. The van der Waals surface area contributed by atoms with E-state index in [1.165, 1.54) is 35.2 Å². The molecule has 1 saturated carbocycles. The first-order valence-electron chi connectivity index (χ1n) is 8.80. The predicted molar refractivity (Wildman–Crippen MR) is 102 cm³/mol. The van der Waals surface area contributed by atoms with E-state index in [4.69, 9.17) is 17.0 Å². The molecule has 1 heterocycles. The van der Waals surface area contributed by atoms with Crippen LogP contribution >= 0.6 is 12.2 Å². The van der Waals surface area contributed by atoms with Gasteiger partial charge in [0, 0.05) is 12.6 Å². The topological polar surface area (TPSA) is 48.1 Å². The van der Waals surface area contributed by atoms with E-state index in [1.807, 2.05) is 12.1 Å². The van der Waals surface area contributed by atoms with E-state index >= 15 is 0 Å². The molecule has 1 aromatic heterocycles. The highest BCUT2D eigenvalue weighted by molar-refractivity contribution is 7.71. The third kappa shape index (κ3) is 4.06. The smallest absolute Gasteiger partial charge is 0.221 e. The fraction of sp³-hybridized carbons (Fsp3) is 0.316. The van der Waals surface area contributed by atoms with Gasteiger partial charge in [0.1, 0.15) is 11.6 Å². The molecule has 4 rings (SSSR count). The molecule has 1 aliphatic carbocycles. The SMILES string of the molecule is COc1ccc(CN(Cn2nnn(-c3cccc(F)c3)c2=S)C2CC2)cc1. The molecule has 140 valence electrons. The maximum absolute atomic E-state index is 13.5. The average Bonchev–Trinajstić information content (AvgIpc) is 3.46. The Kier molecular flexibility index (Phi) is 5.00. The average molecular weight is 385 g/mol. The summed E-state index contributed by atoms with van der Waals surface area (Å²) in [4.78, 5) is 2.34. The van der Waals surface area contributed by atoms with Crippen LogP contribution in [0.4, 0.5) is 4.39 Å². The van der Waals surface area contributed by atoms with Gasteiger partial charge in [-0.25, -0.2) is 9.07 Å². The van der Waals surface area contributed by atoms with E-state index < -0.39 is 0 Å². The second kappa shape index (κ2) is 7.58. The molecule has 0 bridgehead atoms. The van der Waals surface area contributed by atoms with Crippen LogP contribution in [0.3, 0.4) is 0 Å². The minimum atomic E-state index is -0.330. The van der Waals surface area contributed by atoms with E-state index in [2.05, 4.69) is 27.5 Å². The minimum absolute atomic E-state index is 0.330. The molecule has 0 radical (unpaired) electrons. The first kappa shape index (κ1) is 17.8. The van der Waals surface area contributed by atoms with Crippen molar-refractivity contribution >= 4 is 12.2 Å². The second-order valence-electron chi connectivity index (χ2n) is 6.62. The summed E-state index contributed by atoms with van der Waals surface area (Å²) in [6.45, 7) is 1.34. The van der Waals surface area contributed by atoms with Gasteiger partial charge >= 0.3 is 0 Å². The Balaban J connectivity index is 1.53. The Morgan fingerprint density at radius 3 is 2.63 bits per heavy atom. The van der Waals surface area contributed by atoms with Crippen LogP contribution in [0.25, 0.3) is 5.69 Å². The number of rotatable bonds is 7. The van der Waals surface area contributed by atoms with E-state index in [0.717, 1.165) is 12.3 Å². The van der Waals surface area contributed by atoms with Crippen LogP contribution in [0, 0.1) is 10.6 Å². The molecule has 2 aromatic carbocycles. The van der Waals surface area contributed by atoms with Crippen LogP contribution in [0.5, 0.6) is 5.75 Å². The maximum atomic E-state index is 13.5. The van der Waals surface area contributed by atoms with Crippen molar-refractivity contribution in [2.45, 2.75) is 32.1 Å². The molecule has 0 spiro atoms. The van der Waals surface area contributed by atoms with Crippen LogP contribution in [0.2, 0.25) is 0 Å². The van der Waals surface area contributed by atoms with Crippen molar-refractivity contribution in [3.63, 3.8) is 0 Å². The Bertz CT molecular complexity index is 980. The predicted octanol–water partition coefficient (Wildman–Crippen LogP) is 3.57. The molecule has 1 aliphatic rings. The van der Waals surface area contributed by atoms with Gasteiger partial charge in [-0.1, -0.05) is 18.2 Å². The lowest BCUT2D eigenvalue weighted by molar-refractivity contribution is 0.185. The van der Waals surface area contributed by atoms with Gasteiger partial charge in [-0.3, -0.25) is 4.90 Å². The van der Waals surface area contributed by atoms with Gasteiger partial charge in [0.2, 0.25) is 4.77 Å².